The average molecular weight is 341 g/mol. The average Bonchev–Trinajstić information content (AvgIpc) is 2.71. The molecule has 0 unspecified atom stereocenters. The Kier molecular flexibility index (Phi) is 7.41. The minimum atomic E-state index is 0.811. The van der Waals surface area contributed by atoms with Crippen molar-refractivity contribution in [2.45, 2.75) is 12.8 Å². The van der Waals surface area contributed by atoms with Gasteiger partial charge < -0.3 is 14.5 Å². The quantitative estimate of drug-likeness (QED) is 0.560. The lowest BCUT2D eigenvalue weighted by molar-refractivity contribution is 0.234. The van der Waals surface area contributed by atoms with Crippen LogP contribution in [-0.2, 0) is 0 Å². The Bertz CT molecular complexity index is 361. The summed E-state index contributed by atoms with van der Waals surface area (Å²) >= 11 is 3.53. The largest absolute Gasteiger partial charge is 0.494 e. The van der Waals surface area contributed by atoms with Gasteiger partial charge in [0.1, 0.15) is 5.75 Å². The van der Waals surface area contributed by atoms with Gasteiger partial charge >= 0.3 is 0 Å². The Morgan fingerprint density at radius 3 is 2.35 bits per heavy atom. The van der Waals surface area contributed by atoms with Crippen LogP contribution in [0.2, 0.25) is 0 Å². The van der Waals surface area contributed by atoms with Gasteiger partial charge in [-0.15, -0.1) is 0 Å². The number of nitrogens with zero attached hydrogens (tertiary/aromatic N) is 2. The van der Waals surface area contributed by atoms with E-state index in [1.807, 2.05) is 30.3 Å². The molecular weight excluding hydrogens is 316 g/mol. The lowest BCUT2D eigenvalue weighted by atomic mass is 10.3. The number of para-hydroxylation sites is 1. The van der Waals surface area contributed by atoms with E-state index in [4.69, 9.17) is 4.74 Å². The summed E-state index contributed by atoms with van der Waals surface area (Å²) in [6.07, 6.45) is 2.39. The molecule has 112 valence electrons. The van der Waals surface area contributed by atoms with Crippen molar-refractivity contribution in [3.63, 3.8) is 0 Å². The zero-order valence-corrected chi connectivity index (χ0v) is 13.7. The Hall–Kier alpha value is -0.580. The molecule has 0 amide bonds. The highest BCUT2D eigenvalue weighted by molar-refractivity contribution is 9.09. The summed E-state index contributed by atoms with van der Waals surface area (Å²) in [7, 11) is 0. The van der Waals surface area contributed by atoms with E-state index in [2.05, 4.69) is 25.7 Å². The summed E-state index contributed by atoms with van der Waals surface area (Å²) in [5, 5.41) is 1.08. The first kappa shape index (κ1) is 15.8. The Balaban J connectivity index is 1.60. The topological polar surface area (TPSA) is 15.7 Å². The van der Waals surface area contributed by atoms with E-state index >= 15 is 0 Å². The van der Waals surface area contributed by atoms with E-state index in [1.165, 1.54) is 39.1 Å². The third-order valence-electron chi connectivity index (χ3n) is 3.71. The number of hydrogen-bond donors (Lipinski definition) is 0. The summed E-state index contributed by atoms with van der Waals surface area (Å²) in [6.45, 7) is 7.99. The maximum absolute atomic E-state index is 5.74. The standard InChI is InChI=1S/C16H25BrN2O/c17-8-12-19-10-4-9-18(13-14-19)11-5-15-20-16-6-2-1-3-7-16/h1-3,6-7H,4-5,8-15H2. The number of halogens is 1. The Morgan fingerprint density at radius 1 is 0.950 bits per heavy atom. The Morgan fingerprint density at radius 2 is 1.65 bits per heavy atom. The summed E-state index contributed by atoms with van der Waals surface area (Å²) in [6, 6.07) is 10.1. The van der Waals surface area contributed by atoms with Crippen molar-refractivity contribution < 1.29 is 4.74 Å². The molecule has 0 radical (unpaired) electrons. The van der Waals surface area contributed by atoms with Crippen molar-refractivity contribution in [3.8, 4) is 5.75 Å². The molecular formula is C16H25BrN2O. The van der Waals surface area contributed by atoms with Crippen LogP contribution in [0.15, 0.2) is 30.3 Å². The molecule has 1 aliphatic rings. The van der Waals surface area contributed by atoms with Crippen LogP contribution in [0.4, 0.5) is 0 Å². The molecule has 1 saturated heterocycles. The van der Waals surface area contributed by atoms with Gasteiger partial charge in [-0.2, -0.15) is 0 Å². The fraction of sp³-hybridized carbons (Fsp3) is 0.625. The minimum Gasteiger partial charge on any atom is -0.494 e. The van der Waals surface area contributed by atoms with Crippen LogP contribution in [0.3, 0.4) is 0 Å². The zero-order chi connectivity index (χ0) is 14.0. The number of ether oxygens (including phenoxy) is 1. The maximum Gasteiger partial charge on any atom is 0.119 e. The summed E-state index contributed by atoms with van der Waals surface area (Å²) in [5.41, 5.74) is 0. The van der Waals surface area contributed by atoms with Crippen LogP contribution in [0.1, 0.15) is 12.8 Å². The predicted molar refractivity (Wildman–Crippen MR) is 87.8 cm³/mol. The van der Waals surface area contributed by atoms with Gasteiger partial charge in [-0.25, -0.2) is 0 Å². The summed E-state index contributed by atoms with van der Waals surface area (Å²) < 4.78 is 5.74. The Labute approximate surface area is 131 Å². The fourth-order valence-electron chi connectivity index (χ4n) is 2.59. The zero-order valence-electron chi connectivity index (χ0n) is 12.1. The highest BCUT2D eigenvalue weighted by Crippen LogP contribution is 2.09. The minimum absolute atomic E-state index is 0.811. The van der Waals surface area contributed by atoms with Crippen LogP contribution in [0.25, 0.3) is 0 Å². The highest BCUT2D eigenvalue weighted by Gasteiger charge is 2.13. The number of alkyl halides is 1. The highest BCUT2D eigenvalue weighted by atomic mass is 79.9. The van der Waals surface area contributed by atoms with Gasteiger partial charge in [-0.1, -0.05) is 34.1 Å². The molecule has 20 heavy (non-hydrogen) atoms. The third kappa shape index (κ3) is 5.81. The van der Waals surface area contributed by atoms with Gasteiger partial charge in [0.15, 0.2) is 0 Å². The van der Waals surface area contributed by atoms with E-state index in [0.717, 1.165) is 30.7 Å². The van der Waals surface area contributed by atoms with Gasteiger partial charge in [0.2, 0.25) is 0 Å². The lowest BCUT2D eigenvalue weighted by Gasteiger charge is -2.21. The first-order valence-electron chi connectivity index (χ1n) is 7.57. The summed E-state index contributed by atoms with van der Waals surface area (Å²) in [5.74, 6) is 0.979. The summed E-state index contributed by atoms with van der Waals surface area (Å²) in [4.78, 5) is 5.12. The van der Waals surface area contributed by atoms with E-state index in [1.54, 1.807) is 0 Å². The van der Waals surface area contributed by atoms with Gasteiger partial charge in [0, 0.05) is 31.5 Å². The molecule has 3 nitrogen and oxygen atoms in total. The van der Waals surface area contributed by atoms with Crippen molar-refractivity contribution in [2.24, 2.45) is 0 Å². The maximum atomic E-state index is 5.74. The predicted octanol–water partition coefficient (Wildman–Crippen LogP) is 2.86. The van der Waals surface area contributed by atoms with E-state index < -0.39 is 0 Å². The molecule has 1 aromatic carbocycles. The first-order chi connectivity index (χ1) is 9.88. The molecule has 0 atom stereocenters. The molecule has 4 heteroatoms. The molecule has 0 saturated carbocycles. The van der Waals surface area contributed by atoms with E-state index in [9.17, 15) is 0 Å². The van der Waals surface area contributed by atoms with Crippen molar-refractivity contribution in [2.75, 3.05) is 51.2 Å². The third-order valence-corrected chi connectivity index (χ3v) is 4.07. The molecule has 0 N–H and O–H groups in total. The molecule has 1 fully saturated rings. The van der Waals surface area contributed by atoms with Crippen molar-refractivity contribution in [1.29, 1.82) is 0 Å². The smallest absolute Gasteiger partial charge is 0.119 e. The molecule has 0 aromatic heterocycles. The molecule has 0 aliphatic carbocycles. The van der Waals surface area contributed by atoms with Crippen LogP contribution >= 0.6 is 15.9 Å². The second kappa shape index (κ2) is 9.37. The molecule has 2 rings (SSSR count). The van der Waals surface area contributed by atoms with E-state index in [0.29, 0.717) is 0 Å². The SMILES string of the molecule is BrCCN1CCCN(CCCOc2ccccc2)CC1. The van der Waals surface area contributed by atoms with Gasteiger partial charge in [-0.05, 0) is 38.1 Å². The second-order valence-electron chi connectivity index (χ2n) is 5.24. The van der Waals surface area contributed by atoms with Gasteiger partial charge in [0.25, 0.3) is 0 Å². The first-order valence-corrected chi connectivity index (χ1v) is 8.69. The second-order valence-corrected chi connectivity index (χ2v) is 6.03. The van der Waals surface area contributed by atoms with Crippen molar-refractivity contribution in [3.05, 3.63) is 30.3 Å². The fourth-order valence-corrected chi connectivity index (χ4v) is 3.09. The molecule has 0 bridgehead atoms. The lowest BCUT2D eigenvalue weighted by Crippen LogP contribution is -2.32. The van der Waals surface area contributed by atoms with Crippen LogP contribution in [0, 0.1) is 0 Å². The number of hydrogen-bond acceptors (Lipinski definition) is 3. The molecule has 1 heterocycles. The number of benzene rings is 1. The van der Waals surface area contributed by atoms with Crippen LogP contribution in [0.5, 0.6) is 5.75 Å². The van der Waals surface area contributed by atoms with Crippen molar-refractivity contribution in [1.82, 2.24) is 9.80 Å². The molecule has 0 spiro atoms. The number of rotatable bonds is 7. The van der Waals surface area contributed by atoms with E-state index in [-0.39, 0.29) is 0 Å². The normalized spacial score (nSPS) is 17.9. The van der Waals surface area contributed by atoms with Gasteiger partial charge in [-0.3, -0.25) is 0 Å². The van der Waals surface area contributed by atoms with Gasteiger partial charge in [0.05, 0.1) is 6.61 Å². The molecule has 1 aliphatic heterocycles. The van der Waals surface area contributed by atoms with Crippen LogP contribution in [-0.4, -0.2) is 61.0 Å². The monoisotopic (exact) mass is 340 g/mol. The van der Waals surface area contributed by atoms with Crippen LogP contribution < -0.4 is 4.74 Å². The van der Waals surface area contributed by atoms with Crippen molar-refractivity contribution >= 4 is 15.9 Å². The molecule has 1 aromatic rings.